The zero-order valence-corrected chi connectivity index (χ0v) is 22.1. The Balaban J connectivity index is 1.75. The van der Waals surface area contributed by atoms with Crippen molar-refractivity contribution in [3.8, 4) is 11.4 Å². The van der Waals surface area contributed by atoms with E-state index >= 15 is 0 Å². The lowest BCUT2D eigenvalue weighted by Gasteiger charge is -2.35. The van der Waals surface area contributed by atoms with E-state index in [9.17, 15) is 22.4 Å². The lowest BCUT2D eigenvalue weighted by atomic mass is 10.2. The first-order chi connectivity index (χ1) is 15.6. The first-order valence-corrected chi connectivity index (χ1v) is 11.9. The van der Waals surface area contributed by atoms with E-state index in [1.54, 1.807) is 33.8 Å². The predicted octanol–water partition coefficient (Wildman–Crippen LogP) is 5.96. The van der Waals surface area contributed by atoms with E-state index in [4.69, 9.17) is 4.74 Å². The van der Waals surface area contributed by atoms with Gasteiger partial charge in [-0.3, -0.25) is 0 Å². The maximum absolute atomic E-state index is 13.7. The fourth-order valence-electron chi connectivity index (χ4n) is 3.22. The van der Waals surface area contributed by atoms with E-state index in [2.05, 4.69) is 25.8 Å². The standard InChI is InChI=1S/C21H24Br2F4N4O3/c1-13-11-17(29-7-9-30(10-8-29)18(32)34-19(2,3)4)28-31(13)14-5-6-15(22)16(12-14)33-21(26,27)20(23,24)25/h5-6,11-12H,7-10H2,1-4H3. The molecule has 0 radical (unpaired) electrons. The highest BCUT2D eigenvalue weighted by atomic mass is 79.9. The number of piperazine rings is 1. The van der Waals surface area contributed by atoms with Crippen molar-refractivity contribution in [2.75, 3.05) is 31.1 Å². The summed E-state index contributed by atoms with van der Waals surface area (Å²) in [5.41, 5.74) is 0.463. The van der Waals surface area contributed by atoms with Gasteiger partial charge in [0.1, 0.15) is 11.4 Å². The number of alkyl halides is 5. The quantitative estimate of drug-likeness (QED) is 0.307. The fraction of sp³-hybridized carbons (Fsp3) is 0.524. The second-order valence-corrected chi connectivity index (χ2v) is 10.6. The minimum absolute atomic E-state index is 0.0796. The van der Waals surface area contributed by atoms with Crippen LogP contribution in [0.4, 0.5) is 28.2 Å². The molecule has 34 heavy (non-hydrogen) atoms. The molecule has 0 unspecified atom stereocenters. The molecule has 1 aliphatic rings. The highest BCUT2D eigenvalue weighted by Crippen LogP contribution is 2.42. The van der Waals surface area contributed by atoms with Crippen LogP contribution in [-0.4, -0.2) is 63.5 Å². The van der Waals surface area contributed by atoms with E-state index in [-0.39, 0.29) is 10.6 Å². The van der Waals surface area contributed by atoms with E-state index in [0.717, 1.165) is 0 Å². The van der Waals surface area contributed by atoms with Crippen molar-refractivity contribution >= 4 is 43.8 Å². The zero-order chi connectivity index (χ0) is 25.5. The molecule has 0 atom stereocenters. The van der Waals surface area contributed by atoms with Gasteiger partial charge in [0.15, 0.2) is 5.82 Å². The molecule has 188 valence electrons. The van der Waals surface area contributed by atoms with Crippen LogP contribution in [0.1, 0.15) is 26.5 Å². The van der Waals surface area contributed by atoms with Crippen molar-refractivity contribution < 1.29 is 31.8 Å². The number of carbonyl (C=O) groups excluding carboxylic acids is 1. The number of nitrogens with zero attached hydrogens (tertiary/aromatic N) is 4. The van der Waals surface area contributed by atoms with E-state index in [1.807, 2.05) is 31.7 Å². The van der Waals surface area contributed by atoms with E-state index in [1.165, 1.54) is 16.8 Å². The summed E-state index contributed by atoms with van der Waals surface area (Å²) in [7, 11) is 0. The molecule has 1 aromatic carbocycles. The van der Waals surface area contributed by atoms with Crippen LogP contribution in [-0.2, 0) is 4.74 Å². The van der Waals surface area contributed by atoms with Crippen LogP contribution in [0.5, 0.6) is 5.75 Å². The van der Waals surface area contributed by atoms with Gasteiger partial charge in [-0.1, -0.05) is 0 Å². The predicted molar refractivity (Wildman–Crippen MR) is 125 cm³/mol. The van der Waals surface area contributed by atoms with E-state index in [0.29, 0.717) is 43.4 Å². The molecule has 13 heteroatoms. The van der Waals surface area contributed by atoms with Crippen molar-refractivity contribution in [3.05, 3.63) is 34.4 Å². The smallest absolute Gasteiger partial charge is 0.444 e. The number of aryl methyl sites for hydroxylation is 1. The van der Waals surface area contributed by atoms with Gasteiger partial charge in [-0.2, -0.15) is 22.7 Å². The van der Waals surface area contributed by atoms with Gasteiger partial charge in [0.05, 0.1) is 10.2 Å². The minimum Gasteiger partial charge on any atom is -0.444 e. The summed E-state index contributed by atoms with van der Waals surface area (Å²) in [6, 6.07) is 6.01. The van der Waals surface area contributed by atoms with Gasteiger partial charge in [-0.05, 0) is 55.8 Å². The Morgan fingerprint density at radius 2 is 1.68 bits per heavy atom. The molecule has 0 bridgehead atoms. The number of ether oxygens (including phenoxy) is 2. The third kappa shape index (κ3) is 6.15. The van der Waals surface area contributed by atoms with Crippen molar-refractivity contribution in [1.29, 1.82) is 0 Å². The highest BCUT2D eigenvalue weighted by Gasteiger charge is 2.58. The number of carbonyl (C=O) groups is 1. The third-order valence-corrected chi connectivity index (χ3v) is 5.97. The summed E-state index contributed by atoms with van der Waals surface area (Å²) in [5.74, 6) is 0.160. The Hall–Kier alpha value is -2.02. The highest BCUT2D eigenvalue weighted by molar-refractivity contribution is 9.10. The van der Waals surface area contributed by atoms with Gasteiger partial charge in [0.25, 0.3) is 0 Å². The van der Waals surface area contributed by atoms with Crippen LogP contribution in [0.2, 0.25) is 0 Å². The molecular weight excluding hydrogens is 592 g/mol. The Kier molecular flexibility index (Phi) is 7.47. The molecule has 3 rings (SSSR count). The van der Waals surface area contributed by atoms with Crippen LogP contribution in [0.25, 0.3) is 5.69 Å². The van der Waals surface area contributed by atoms with Gasteiger partial charge in [-0.15, -0.1) is 0 Å². The van der Waals surface area contributed by atoms with Gasteiger partial charge >= 0.3 is 17.0 Å². The minimum atomic E-state index is -4.77. The molecule has 1 amide bonds. The first kappa shape index (κ1) is 26.6. The second kappa shape index (κ2) is 9.56. The summed E-state index contributed by atoms with van der Waals surface area (Å²) < 4.78 is 65.0. The van der Waals surface area contributed by atoms with Crippen molar-refractivity contribution in [3.63, 3.8) is 0 Å². The molecule has 0 N–H and O–H groups in total. The van der Waals surface area contributed by atoms with Crippen LogP contribution >= 0.6 is 31.9 Å². The Labute approximate surface area is 211 Å². The molecule has 0 aliphatic carbocycles. The van der Waals surface area contributed by atoms with Crippen LogP contribution in [0.15, 0.2) is 28.7 Å². The Bertz CT molecular complexity index is 1050. The number of halogens is 6. The largest absolute Gasteiger partial charge is 0.475 e. The van der Waals surface area contributed by atoms with Gasteiger partial charge in [-0.25, -0.2) is 9.48 Å². The van der Waals surface area contributed by atoms with Crippen LogP contribution < -0.4 is 9.64 Å². The van der Waals surface area contributed by atoms with Gasteiger partial charge < -0.3 is 19.3 Å². The topological polar surface area (TPSA) is 59.8 Å². The lowest BCUT2D eigenvalue weighted by Crippen LogP contribution is -2.50. The molecule has 1 fully saturated rings. The molecule has 0 spiro atoms. The lowest BCUT2D eigenvalue weighted by molar-refractivity contribution is -0.266. The Morgan fingerprint density at radius 1 is 1.06 bits per heavy atom. The van der Waals surface area contributed by atoms with E-state index < -0.39 is 22.3 Å². The van der Waals surface area contributed by atoms with Gasteiger partial charge in [0, 0.05) is 59.9 Å². The molecule has 7 nitrogen and oxygen atoms in total. The summed E-state index contributed by atoms with van der Waals surface area (Å²) >= 11 is 4.70. The van der Waals surface area contributed by atoms with Crippen LogP contribution in [0.3, 0.4) is 0 Å². The molecule has 2 aromatic rings. The molecule has 1 aromatic heterocycles. The second-order valence-electron chi connectivity index (χ2n) is 8.74. The van der Waals surface area contributed by atoms with Crippen molar-refractivity contribution in [1.82, 2.24) is 14.7 Å². The summed E-state index contributed by atoms with van der Waals surface area (Å²) in [6.07, 6.45) is -5.14. The zero-order valence-electron chi connectivity index (χ0n) is 18.9. The SMILES string of the molecule is Cc1cc(N2CCN(C(=O)OC(C)(C)C)CC2)nn1-c1ccc(Br)c(OC(F)(F)C(F)(F)Br)c1. The molecule has 0 saturated carbocycles. The molecule has 2 heterocycles. The summed E-state index contributed by atoms with van der Waals surface area (Å²) in [4.78, 5) is 11.3. The van der Waals surface area contributed by atoms with Crippen LogP contribution in [0, 0.1) is 6.92 Å². The van der Waals surface area contributed by atoms with Crippen molar-refractivity contribution in [2.24, 2.45) is 0 Å². The first-order valence-electron chi connectivity index (χ1n) is 10.3. The number of amides is 1. The monoisotopic (exact) mass is 614 g/mol. The summed E-state index contributed by atoms with van der Waals surface area (Å²) in [6.45, 7) is 9.15. The third-order valence-electron chi connectivity index (χ3n) is 4.86. The number of rotatable bonds is 5. The maximum atomic E-state index is 13.7. The summed E-state index contributed by atoms with van der Waals surface area (Å²) in [5, 5.41) is 4.54. The number of anilines is 1. The average molecular weight is 616 g/mol. The molecular formula is C21H24Br2F4N4O3. The number of aromatic nitrogens is 2. The fourth-order valence-corrected chi connectivity index (χ4v) is 3.63. The average Bonchev–Trinajstić information content (AvgIpc) is 3.09. The number of benzene rings is 1. The molecule has 1 saturated heterocycles. The maximum Gasteiger partial charge on any atom is 0.475 e. The number of hydrogen-bond donors (Lipinski definition) is 0. The normalized spacial score (nSPS) is 15.5. The number of hydrogen-bond acceptors (Lipinski definition) is 5. The Morgan fingerprint density at radius 3 is 2.24 bits per heavy atom. The molecule has 1 aliphatic heterocycles. The van der Waals surface area contributed by atoms with Gasteiger partial charge in [0.2, 0.25) is 0 Å². The van der Waals surface area contributed by atoms with Crippen molar-refractivity contribution in [2.45, 2.75) is 44.2 Å².